The molecule has 1 aromatic carbocycles. The van der Waals surface area contributed by atoms with Crippen molar-refractivity contribution in [1.82, 2.24) is 20.2 Å². The molecule has 1 atom stereocenters. The monoisotopic (exact) mass is 408 g/mol. The minimum atomic E-state index is -0.561. The van der Waals surface area contributed by atoms with Gasteiger partial charge in [-0.15, -0.1) is 17.5 Å². The number of halogens is 1. The fourth-order valence-electron chi connectivity index (χ4n) is 3.41. The van der Waals surface area contributed by atoms with Crippen LogP contribution in [0.2, 0.25) is 0 Å². The largest absolute Gasteiger partial charge is 0.494 e. The van der Waals surface area contributed by atoms with E-state index in [1.54, 1.807) is 23.9 Å². The van der Waals surface area contributed by atoms with Crippen LogP contribution < -0.4 is 15.8 Å². The normalized spacial score (nSPS) is 18.2. The average molecular weight is 409 g/mol. The predicted octanol–water partition coefficient (Wildman–Crippen LogP) is 1.66. The predicted molar refractivity (Wildman–Crippen MR) is 105 cm³/mol. The Kier molecular flexibility index (Phi) is 6.48. The SMILES string of the molecule is COc1ccc(NC(=O)C(N)C2CCOCC2)cc1-n1nnnc1C1CC1.Cl. The summed E-state index contributed by atoms with van der Waals surface area (Å²) in [6.45, 7) is 1.31. The van der Waals surface area contributed by atoms with Gasteiger partial charge in [0.05, 0.1) is 13.2 Å². The van der Waals surface area contributed by atoms with Crippen LogP contribution in [0.15, 0.2) is 18.2 Å². The highest BCUT2D eigenvalue weighted by Gasteiger charge is 2.31. The lowest BCUT2D eigenvalue weighted by atomic mass is 9.92. The van der Waals surface area contributed by atoms with Gasteiger partial charge in [0.2, 0.25) is 5.91 Å². The Morgan fingerprint density at radius 2 is 2.07 bits per heavy atom. The Bertz CT molecular complexity index is 819. The van der Waals surface area contributed by atoms with Gasteiger partial charge < -0.3 is 20.5 Å². The first kappa shape index (κ1) is 20.5. The molecule has 1 unspecified atom stereocenters. The molecule has 2 fully saturated rings. The molecule has 2 heterocycles. The molecule has 0 spiro atoms. The van der Waals surface area contributed by atoms with E-state index in [0.29, 0.717) is 36.3 Å². The second kappa shape index (κ2) is 8.85. The summed E-state index contributed by atoms with van der Waals surface area (Å²) in [5.74, 6) is 1.77. The summed E-state index contributed by atoms with van der Waals surface area (Å²) in [5, 5.41) is 15.0. The third-order valence-electron chi connectivity index (χ3n) is 5.19. The van der Waals surface area contributed by atoms with Crippen molar-refractivity contribution in [2.75, 3.05) is 25.6 Å². The van der Waals surface area contributed by atoms with Gasteiger partial charge in [-0.1, -0.05) is 0 Å². The topological polar surface area (TPSA) is 117 Å². The molecule has 10 heteroatoms. The Morgan fingerprint density at radius 3 is 2.75 bits per heavy atom. The van der Waals surface area contributed by atoms with E-state index in [-0.39, 0.29) is 24.2 Å². The number of carbonyl (C=O) groups is 1. The van der Waals surface area contributed by atoms with Crippen molar-refractivity contribution in [3.8, 4) is 11.4 Å². The number of amides is 1. The maximum absolute atomic E-state index is 12.6. The molecule has 9 nitrogen and oxygen atoms in total. The van der Waals surface area contributed by atoms with E-state index < -0.39 is 6.04 Å². The summed E-state index contributed by atoms with van der Waals surface area (Å²) in [6, 6.07) is 4.84. The summed E-state index contributed by atoms with van der Waals surface area (Å²) in [6.07, 6.45) is 3.77. The number of rotatable bonds is 6. The number of hydrogen-bond donors (Lipinski definition) is 2. The van der Waals surface area contributed by atoms with Crippen molar-refractivity contribution in [1.29, 1.82) is 0 Å². The van der Waals surface area contributed by atoms with Crippen molar-refractivity contribution in [2.24, 2.45) is 11.7 Å². The van der Waals surface area contributed by atoms with E-state index in [1.807, 2.05) is 6.07 Å². The lowest BCUT2D eigenvalue weighted by Gasteiger charge is -2.26. The number of carbonyl (C=O) groups excluding carboxylic acids is 1. The van der Waals surface area contributed by atoms with Crippen LogP contribution in [0.5, 0.6) is 5.75 Å². The van der Waals surface area contributed by atoms with E-state index in [9.17, 15) is 4.79 Å². The highest BCUT2D eigenvalue weighted by molar-refractivity contribution is 5.95. The number of anilines is 1. The first-order valence-corrected chi connectivity index (χ1v) is 9.28. The molecular formula is C18H25ClN6O3. The van der Waals surface area contributed by atoms with E-state index in [0.717, 1.165) is 31.5 Å². The molecule has 0 radical (unpaired) electrons. The first-order valence-electron chi connectivity index (χ1n) is 9.28. The summed E-state index contributed by atoms with van der Waals surface area (Å²) in [7, 11) is 1.60. The van der Waals surface area contributed by atoms with Crippen LogP contribution >= 0.6 is 12.4 Å². The molecular weight excluding hydrogens is 384 g/mol. The number of nitrogens with two attached hydrogens (primary N) is 1. The Balaban J connectivity index is 0.00000225. The second-order valence-corrected chi connectivity index (χ2v) is 7.07. The molecule has 2 aromatic rings. The van der Waals surface area contributed by atoms with Crippen molar-refractivity contribution < 1.29 is 14.3 Å². The van der Waals surface area contributed by atoms with Gasteiger partial charge in [-0.05, 0) is 60.2 Å². The summed E-state index contributed by atoms with van der Waals surface area (Å²) in [5.41, 5.74) is 7.50. The van der Waals surface area contributed by atoms with Gasteiger partial charge in [0, 0.05) is 24.8 Å². The molecule has 0 bridgehead atoms. The van der Waals surface area contributed by atoms with Crippen LogP contribution in [0.25, 0.3) is 5.69 Å². The first-order chi connectivity index (χ1) is 13.2. The Morgan fingerprint density at radius 1 is 1.32 bits per heavy atom. The Hall–Kier alpha value is -2.23. The van der Waals surface area contributed by atoms with E-state index in [1.165, 1.54) is 0 Å². The maximum Gasteiger partial charge on any atom is 0.241 e. The molecule has 1 aliphatic carbocycles. The van der Waals surface area contributed by atoms with Crippen LogP contribution in [0.3, 0.4) is 0 Å². The molecule has 2 aliphatic rings. The maximum atomic E-state index is 12.6. The molecule has 1 aromatic heterocycles. The summed E-state index contributed by atoms with van der Waals surface area (Å²) >= 11 is 0. The zero-order valence-electron chi connectivity index (χ0n) is 15.7. The fourth-order valence-corrected chi connectivity index (χ4v) is 3.41. The van der Waals surface area contributed by atoms with Crippen LogP contribution in [-0.2, 0) is 9.53 Å². The van der Waals surface area contributed by atoms with Gasteiger partial charge in [-0.2, -0.15) is 4.68 Å². The standard InChI is InChI=1S/C18H24N6O3.ClH/c1-26-15-5-4-13(20-18(25)16(19)11-6-8-27-9-7-11)10-14(15)24-17(12-2-3-12)21-22-23-24;/h4-5,10-12,16H,2-3,6-9,19H2,1H3,(H,20,25);1H. The molecule has 1 saturated carbocycles. The van der Waals surface area contributed by atoms with Gasteiger partial charge >= 0.3 is 0 Å². The third-order valence-corrected chi connectivity index (χ3v) is 5.19. The van der Waals surface area contributed by atoms with Crippen molar-refractivity contribution >= 4 is 24.0 Å². The van der Waals surface area contributed by atoms with E-state index in [4.69, 9.17) is 15.2 Å². The number of benzene rings is 1. The smallest absolute Gasteiger partial charge is 0.241 e. The number of tetrazole rings is 1. The summed E-state index contributed by atoms with van der Waals surface area (Å²) < 4.78 is 12.5. The van der Waals surface area contributed by atoms with Crippen LogP contribution in [0.1, 0.15) is 37.4 Å². The van der Waals surface area contributed by atoms with Gasteiger partial charge in [-0.3, -0.25) is 4.79 Å². The van der Waals surface area contributed by atoms with Crippen LogP contribution in [-0.4, -0.2) is 52.5 Å². The molecule has 1 aliphatic heterocycles. The van der Waals surface area contributed by atoms with Crippen LogP contribution in [0.4, 0.5) is 5.69 Å². The third kappa shape index (κ3) is 4.26. The summed E-state index contributed by atoms with van der Waals surface area (Å²) in [4.78, 5) is 12.6. The lowest BCUT2D eigenvalue weighted by molar-refractivity contribution is -0.119. The molecule has 1 amide bonds. The molecule has 3 N–H and O–H groups in total. The van der Waals surface area contributed by atoms with Gasteiger partial charge in [0.15, 0.2) is 5.82 Å². The van der Waals surface area contributed by atoms with Crippen molar-refractivity contribution in [3.63, 3.8) is 0 Å². The lowest BCUT2D eigenvalue weighted by Crippen LogP contribution is -2.44. The molecule has 4 rings (SSSR count). The number of methoxy groups -OCH3 is 1. The number of aromatic nitrogens is 4. The van der Waals surface area contributed by atoms with Crippen molar-refractivity contribution in [3.05, 3.63) is 24.0 Å². The zero-order chi connectivity index (χ0) is 18.8. The van der Waals surface area contributed by atoms with Gasteiger partial charge in [-0.25, -0.2) is 0 Å². The highest BCUT2D eigenvalue weighted by atomic mass is 35.5. The minimum Gasteiger partial charge on any atom is -0.494 e. The fraction of sp³-hybridized carbons (Fsp3) is 0.556. The zero-order valence-corrected chi connectivity index (χ0v) is 16.5. The highest BCUT2D eigenvalue weighted by Crippen LogP contribution is 2.40. The van der Waals surface area contributed by atoms with E-state index in [2.05, 4.69) is 20.8 Å². The molecule has 28 heavy (non-hydrogen) atoms. The molecule has 1 saturated heterocycles. The minimum absolute atomic E-state index is 0. The van der Waals surface area contributed by atoms with Gasteiger partial charge in [0.25, 0.3) is 0 Å². The van der Waals surface area contributed by atoms with Gasteiger partial charge in [0.1, 0.15) is 11.4 Å². The van der Waals surface area contributed by atoms with Crippen LogP contribution in [0, 0.1) is 5.92 Å². The number of nitrogens with one attached hydrogen (secondary N) is 1. The Labute approximate surface area is 169 Å². The van der Waals surface area contributed by atoms with E-state index >= 15 is 0 Å². The number of ether oxygens (including phenoxy) is 2. The second-order valence-electron chi connectivity index (χ2n) is 7.07. The number of hydrogen-bond acceptors (Lipinski definition) is 7. The molecule has 152 valence electrons. The average Bonchev–Trinajstić information content (AvgIpc) is 3.44. The quantitative estimate of drug-likeness (QED) is 0.746. The number of nitrogens with zero attached hydrogens (tertiary/aromatic N) is 4. The van der Waals surface area contributed by atoms with Crippen molar-refractivity contribution in [2.45, 2.75) is 37.6 Å².